The van der Waals surface area contributed by atoms with Gasteiger partial charge in [0, 0.05) is 32.8 Å². The van der Waals surface area contributed by atoms with E-state index in [0.717, 1.165) is 44.6 Å². The van der Waals surface area contributed by atoms with Crippen molar-refractivity contribution >= 4 is 30.7 Å². The summed E-state index contributed by atoms with van der Waals surface area (Å²) in [5.41, 5.74) is 0.0491. The smallest absolute Gasteiger partial charge is 0.252 e. The van der Waals surface area contributed by atoms with Crippen LogP contribution in [-0.2, 0) is 16.1 Å². The molecule has 28 heavy (non-hydrogen) atoms. The maximum Gasteiger partial charge on any atom is 0.252 e. The third kappa shape index (κ3) is 6.00. The second-order valence-corrected chi connectivity index (χ2v) is 7.22. The number of hydrogen-bond donors (Lipinski definition) is 2. The fourth-order valence-corrected chi connectivity index (χ4v) is 3.80. The Morgan fingerprint density at radius 3 is 2.43 bits per heavy atom. The van der Waals surface area contributed by atoms with Crippen molar-refractivity contribution < 1.29 is 18.3 Å². The van der Waals surface area contributed by atoms with Crippen LogP contribution >= 0.6 is 24.8 Å². The van der Waals surface area contributed by atoms with Crippen LogP contribution in [0.5, 0.6) is 0 Å². The van der Waals surface area contributed by atoms with Crippen LogP contribution in [0.25, 0.3) is 0 Å². The molecule has 9 heteroatoms. The quantitative estimate of drug-likeness (QED) is 0.740. The Kier molecular flexibility index (Phi) is 10.1. The van der Waals surface area contributed by atoms with Crippen LogP contribution in [0.15, 0.2) is 18.2 Å². The number of carbonyl (C=O) groups excluding carboxylic acids is 1. The number of nitrogens with zero attached hydrogens (tertiary/aromatic N) is 1. The van der Waals surface area contributed by atoms with E-state index in [-0.39, 0.29) is 36.8 Å². The molecule has 2 aliphatic heterocycles. The summed E-state index contributed by atoms with van der Waals surface area (Å²) < 4.78 is 31.9. The Morgan fingerprint density at radius 2 is 1.86 bits per heavy atom. The molecule has 160 valence electrons. The Balaban J connectivity index is 0.00000196. The highest BCUT2D eigenvalue weighted by molar-refractivity contribution is 5.86. The van der Waals surface area contributed by atoms with E-state index >= 15 is 0 Å². The molecule has 0 unspecified atom stereocenters. The summed E-state index contributed by atoms with van der Waals surface area (Å²) in [6.07, 6.45) is 3.05. The Bertz CT molecular complexity index is 638. The van der Waals surface area contributed by atoms with E-state index < -0.39 is 17.2 Å². The standard InChI is InChI=1S/C19H27F2N3O2.2ClH/c1-26-19(6-8-22-9-7-19)18(25)23-15-4-10-24(11-5-15)13-14-2-3-16(20)17(21)12-14;;/h2-3,12,15,22H,4-11,13H2,1H3,(H,23,25);2*1H. The molecule has 1 amide bonds. The van der Waals surface area contributed by atoms with Gasteiger partial charge in [0.05, 0.1) is 0 Å². The summed E-state index contributed by atoms with van der Waals surface area (Å²) in [5.74, 6) is -1.64. The largest absolute Gasteiger partial charge is 0.368 e. The minimum absolute atomic E-state index is 0. The number of methoxy groups -OCH3 is 1. The van der Waals surface area contributed by atoms with Crippen LogP contribution in [0.1, 0.15) is 31.2 Å². The Labute approximate surface area is 177 Å². The lowest BCUT2D eigenvalue weighted by Gasteiger charge is -2.38. The van der Waals surface area contributed by atoms with Crippen LogP contribution in [0.4, 0.5) is 8.78 Å². The average Bonchev–Trinajstić information content (AvgIpc) is 2.67. The molecular formula is C19H29Cl2F2N3O2. The van der Waals surface area contributed by atoms with Gasteiger partial charge in [0.15, 0.2) is 11.6 Å². The zero-order valence-corrected chi connectivity index (χ0v) is 17.6. The molecule has 3 rings (SSSR count). The van der Waals surface area contributed by atoms with E-state index in [9.17, 15) is 13.6 Å². The minimum Gasteiger partial charge on any atom is -0.368 e. The van der Waals surface area contributed by atoms with E-state index in [1.165, 1.54) is 12.1 Å². The van der Waals surface area contributed by atoms with Crippen molar-refractivity contribution in [2.75, 3.05) is 33.3 Å². The van der Waals surface area contributed by atoms with Gasteiger partial charge in [-0.1, -0.05) is 6.07 Å². The predicted octanol–water partition coefficient (Wildman–Crippen LogP) is 2.66. The summed E-state index contributed by atoms with van der Waals surface area (Å²) in [6, 6.07) is 4.17. The summed E-state index contributed by atoms with van der Waals surface area (Å²) in [7, 11) is 1.61. The SMILES string of the molecule is COC1(C(=O)NC2CCN(Cc3ccc(F)c(F)c3)CC2)CCNCC1.Cl.Cl. The number of hydrogen-bond acceptors (Lipinski definition) is 4. The van der Waals surface area contributed by atoms with Crippen LogP contribution in [0.3, 0.4) is 0 Å². The molecule has 0 saturated carbocycles. The molecule has 0 spiro atoms. The number of likely N-dealkylation sites (tertiary alicyclic amines) is 1. The lowest BCUT2D eigenvalue weighted by atomic mass is 9.90. The summed E-state index contributed by atoms with van der Waals surface area (Å²) in [6.45, 7) is 3.78. The van der Waals surface area contributed by atoms with Gasteiger partial charge in [-0.15, -0.1) is 24.8 Å². The molecule has 2 N–H and O–H groups in total. The van der Waals surface area contributed by atoms with Gasteiger partial charge in [-0.3, -0.25) is 9.69 Å². The van der Waals surface area contributed by atoms with Gasteiger partial charge in [0.1, 0.15) is 5.60 Å². The van der Waals surface area contributed by atoms with Crippen molar-refractivity contribution in [3.05, 3.63) is 35.4 Å². The van der Waals surface area contributed by atoms with Crippen molar-refractivity contribution in [2.45, 2.75) is 43.9 Å². The summed E-state index contributed by atoms with van der Waals surface area (Å²) in [4.78, 5) is 14.9. The van der Waals surface area contributed by atoms with E-state index in [0.29, 0.717) is 19.4 Å². The number of amides is 1. The molecule has 0 radical (unpaired) electrons. The van der Waals surface area contributed by atoms with Crippen molar-refractivity contribution in [3.8, 4) is 0 Å². The number of nitrogens with one attached hydrogen (secondary N) is 2. The Morgan fingerprint density at radius 1 is 1.21 bits per heavy atom. The molecule has 0 atom stereocenters. The third-order valence-corrected chi connectivity index (χ3v) is 5.53. The molecule has 0 aromatic heterocycles. The number of benzene rings is 1. The van der Waals surface area contributed by atoms with Gasteiger partial charge in [-0.25, -0.2) is 8.78 Å². The lowest BCUT2D eigenvalue weighted by Crippen LogP contribution is -2.57. The normalized spacial score (nSPS) is 20.0. The molecule has 2 heterocycles. The first-order valence-electron chi connectivity index (χ1n) is 9.25. The maximum atomic E-state index is 13.3. The van der Waals surface area contributed by atoms with Gasteiger partial charge in [0.25, 0.3) is 5.91 Å². The van der Waals surface area contributed by atoms with Gasteiger partial charge in [-0.05, 0) is 56.5 Å². The van der Waals surface area contributed by atoms with Crippen LogP contribution in [0, 0.1) is 11.6 Å². The zero-order valence-electron chi connectivity index (χ0n) is 16.0. The summed E-state index contributed by atoms with van der Waals surface area (Å²) >= 11 is 0. The van der Waals surface area contributed by atoms with Gasteiger partial charge < -0.3 is 15.4 Å². The minimum atomic E-state index is -0.819. The van der Waals surface area contributed by atoms with E-state index in [1.807, 2.05) is 0 Å². The second kappa shape index (κ2) is 11.3. The first-order valence-corrected chi connectivity index (χ1v) is 9.25. The van der Waals surface area contributed by atoms with Crippen molar-refractivity contribution in [1.29, 1.82) is 0 Å². The van der Waals surface area contributed by atoms with Crippen LogP contribution < -0.4 is 10.6 Å². The topological polar surface area (TPSA) is 53.6 Å². The van der Waals surface area contributed by atoms with E-state index in [4.69, 9.17) is 4.74 Å². The number of piperidine rings is 2. The third-order valence-electron chi connectivity index (χ3n) is 5.53. The summed E-state index contributed by atoms with van der Waals surface area (Å²) in [5, 5.41) is 6.41. The maximum absolute atomic E-state index is 13.3. The molecule has 0 aliphatic carbocycles. The highest BCUT2D eigenvalue weighted by Gasteiger charge is 2.40. The molecule has 5 nitrogen and oxygen atoms in total. The monoisotopic (exact) mass is 439 g/mol. The van der Waals surface area contributed by atoms with Gasteiger partial charge in [-0.2, -0.15) is 0 Å². The van der Waals surface area contributed by atoms with Crippen LogP contribution in [-0.4, -0.2) is 55.7 Å². The number of rotatable bonds is 5. The van der Waals surface area contributed by atoms with Crippen molar-refractivity contribution in [1.82, 2.24) is 15.5 Å². The van der Waals surface area contributed by atoms with Crippen molar-refractivity contribution in [2.24, 2.45) is 0 Å². The average molecular weight is 440 g/mol. The van der Waals surface area contributed by atoms with E-state index in [2.05, 4.69) is 15.5 Å². The van der Waals surface area contributed by atoms with E-state index in [1.54, 1.807) is 13.2 Å². The highest BCUT2D eigenvalue weighted by atomic mass is 35.5. The number of carbonyl (C=O) groups is 1. The molecule has 2 fully saturated rings. The highest BCUT2D eigenvalue weighted by Crippen LogP contribution is 2.24. The lowest BCUT2D eigenvalue weighted by molar-refractivity contribution is -0.147. The fraction of sp³-hybridized carbons (Fsp3) is 0.632. The molecule has 2 saturated heterocycles. The fourth-order valence-electron chi connectivity index (χ4n) is 3.80. The van der Waals surface area contributed by atoms with Crippen molar-refractivity contribution in [3.63, 3.8) is 0 Å². The first kappa shape index (κ1) is 25.0. The molecular weight excluding hydrogens is 411 g/mol. The van der Waals surface area contributed by atoms with Gasteiger partial charge >= 0.3 is 0 Å². The second-order valence-electron chi connectivity index (χ2n) is 7.22. The molecule has 2 aliphatic rings. The molecule has 0 bridgehead atoms. The molecule has 1 aromatic carbocycles. The number of ether oxygens (including phenoxy) is 1. The predicted molar refractivity (Wildman–Crippen MR) is 109 cm³/mol. The van der Waals surface area contributed by atoms with Crippen LogP contribution in [0.2, 0.25) is 0 Å². The number of halogens is 4. The Hall–Kier alpha value is -0.990. The zero-order chi connectivity index (χ0) is 18.6. The van der Waals surface area contributed by atoms with Gasteiger partial charge in [0.2, 0.25) is 0 Å². The first-order chi connectivity index (χ1) is 12.5. The molecule has 1 aromatic rings.